The van der Waals surface area contributed by atoms with E-state index in [1.165, 1.54) is 6.07 Å². The molecule has 0 radical (unpaired) electrons. The molecule has 2 rings (SSSR count). The molecule has 0 spiro atoms. The van der Waals surface area contributed by atoms with Gasteiger partial charge in [-0.1, -0.05) is 6.07 Å². The zero-order valence-corrected chi connectivity index (χ0v) is 9.59. The van der Waals surface area contributed by atoms with Gasteiger partial charge in [0.1, 0.15) is 0 Å². The largest absolute Gasteiger partial charge is 0.416 e. The van der Waals surface area contributed by atoms with E-state index in [1.54, 1.807) is 0 Å². The van der Waals surface area contributed by atoms with Gasteiger partial charge in [0.05, 0.1) is 11.6 Å². The number of nitrogens with zero attached hydrogens (tertiary/aromatic N) is 1. The second-order valence-electron chi connectivity index (χ2n) is 4.62. The van der Waals surface area contributed by atoms with E-state index in [9.17, 15) is 18.3 Å². The number of hydrogen-bond donors (Lipinski definition) is 1. The van der Waals surface area contributed by atoms with E-state index in [0.29, 0.717) is 18.4 Å². The SMILES string of the molecule is N#CC1(O)CCc2ccc(C(F)(F)F)cc2CC1. The predicted octanol–water partition coefficient (Wildman–Crippen LogP) is 2.84. The van der Waals surface area contributed by atoms with Crippen LogP contribution in [0.5, 0.6) is 0 Å². The molecule has 0 fully saturated rings. The van der Waals surface area contributed by atoms with Gasteiger partial charge in [0, 0.05) is 0 Å². The zero-order valence-electron chi connectivity index (χ0n) is 9.59. The fourth-order valence-electron chi connectivity index (χ4n) is 2.20. The number of fused-ring (bicyclic) bond motifs is 1. The van der Waals surface area contributed by atoms with Crippen LogP contribution in [0.25, 0.3) is 0 Å². The summed E-state index contributed by atoms with van der Waals surface area (Å²) in [6.07, 6.45) is -3.19. The maximum atomic E-state index is 12.6. The average Bonchev–Trinajstić information content (AvgIpc) is 2.49. The third-order valence-electron chi connectivity index (χ3n) is 3.36. The smallest absolute Gasteiger partial charge is 0.375 e. The third-order valence-corrected chi connectivity index (χ3v) is 3.36. The molecule has 1 aliphatic carbocycles. The lowest BCUT2D eigenvalue weighted by atomic mass is 9.96. The topological polar surface area (TPSA) is 44.0 Å². The molecule has 1 unspecified atom stereocenters. The van der Waals surface area contributed by atoms with Crippen LogP contribution in [-0.4, -0.2) is 10.7 Å². The molecule has 1 atom stereocenters. The molecule has 0 aliphatic heterocycles. The van der Waals surface area contributed by atoms with Crippen molar-refractivity contribution in [1.29, 1.82) is 5.26 Å². The number of hydrogen-bond acceptors (Lipinski definition) is 2. The number of aliphatic hydroxyl groups is 1. The van der Waals surface area contributed by atoms with E-state index in [4.69, 9.17) is 5.26 Å². The highest BCUT2D eigenvalue weighted by Crippen LogP contribution is 2.33. The molecule has 1 aliphatic rings. The maximum absolute atomic E-state index is 12.6. The molecule has 0 saturated heterocycles. The molecule has 0 aromatic heterocycles. The molecule has 0 amide bonds. The van der Waals surface area contributed by atoms with E-state index in [-0.39, 0.29) is 12.8 Å². The van der Waals surface area contributed by atoms with Crippen LogP contribution in [0.2, 0.25) is 0 Å². The number of benzene rings is 1. The summed E-state index contributed by atoms with van der Waals surface area (Å²) in [5, 5.41) is 18.7. The normalized spacial score (nSPS) is 23.9. The highest BCUT2D eigenvalue weighted by atomic mass is 19.4. The number of rotatable bonds is 0. The minimum absolute atomic E-state index is 0.178. The molecule has 0 heterocycles. The summed E-state index contributed by atoms with van der Waals surface area (Å²) in [6, 6.07) is 5.45. The van der Waals surface area contributed by atoms with Gasteiger partial charge in [0.15, 0.2) is 5.60 Å². The van der Waals surface area contributed by atoms with Crippen LogP contribution < -0.4 is 0 Å². The molecule has 1 N–H and O–H groups in total. The van der Waals surface area contributed by atoms with Gasteiger partial charge in [-0.25, -0.2) is 0 Å². The first-order valence-corrected chi connectivity index (χ1v) is 5.67. The molecule has 0 bridgehead atoms. The highest BCUT2D eigenvalue weighted by molar-refractivity contribution is 5.35. The van der Waals surface area contributed by atoms with Crippen LogP contribution in [0.15, 0.2) is 18.2 Å². The average molecular weight is 255 g/mol. The van der Waals surface area contributed by atoms with E-state index >= 15 is 0 Å². The van der Waals surface area contributed by atoms with Crippen molar-refractivity contribution >= 4 is 0 Å². The third kappa shape index (κ3) is 2.49. The highest BCUT2D eigenvalue weighted by Gasteiger charge is 2.33. The number of nitriles is 1. The van der Waals surface area contributed by atoms with Gasteiger partial charge in [-0.05, 0) is 48.9 Å². The lowest BCUT2D eigenvalue weighted by molar-refractivity contribution is -0.137. The predicted molar refractivity (Wildman–Crippen MR) is 58.6 cm³/mol. The van der Waals surface area contributed by atoms with Crippen LogP contribution in [0.4, 0.5) is 13.2 Å². The minimum Gasteiger partial charge on any atom is -0.375 e. The first kappa shape index (κ1) is 12.9. The van der Waals surface area contributed by atoms with Crippen molar-refractivity contribution in [3.63, 3.8) is 0 Å². The summed E-state index contributed by atoms with van der Waals surface area (Å²) in [5.74, 6) is 0. The summed E-state index contributed by atoms with van der Waals surface area (Å²) < 4.78 is 37.7. The quantitative estimate of drug-likeness (QED) is 0.572. The van der Waals surface area contributed by atoms with Crippen molar-refractivity contribution < 1.29 is 18.3 Å². The van der Waals surface area contributed by atoms with E-state index < -0.39 is 17.3 Å². The fraction of sp³-hybridized carbons (Fsp3) is 0.462. The van der Waals surface area contributed by atoms with Crippen LogP contribution in [0.1, 0.15) is 29.5 Å². The van der Waals surface area contributed by atoms with Crippen molar-refractivity contribution in [3.8, 4) is 6.07 Å². The van der Waals surface area contributed by atoms with Gasteiger partial charge in [-0.15, -0.1) is 0 Å². The molecule has 0 saturated carbocycles. The Bertz CT molecular complexity index is 504. The molecular weight excluding hydrogens is 243 g/mol. The Morgan fingerprint density at radius 1 is 1.17 bits per heavy atom. The first-order valence-electron chi connectivity index (χ1n) is 5.67. The molecular formula is C13H12F3NO. The van der Waals surface area contributed by atoms with Crippen LogP contribution in [0.3, 0.4) is 0 Å². The lowest BCUT2D eigenvalue weighted by Crippen LogP contribution is -2.26. The summed E-state index contributed by atoms with van der Waals surface area (Å²) >= 11 is 0. The number of halogens is 3. The van der Waals surface area contributed by atoms with Crippen molar-refractivity contribution in [2.24, 2.45) is 0 Å². The van der Waals surface area contributed by atoms with Gasteiger partial charge in [0.25, 0.3) is 0 Å². The molecule has 96 valence electrons. The van der Waals surface area contributed by atoms with E-state index in [2.05, 4.69) is 0 Å². The van der Waals surface area contributed by atoms with Crippen LogP contribution in [0, 0.1) is 11.3 Å². The summed E-state index contributed by atoms with van der Waals surface area (Å²) in [6.45, 7) is 0. The van der Waals surface area contributed by atoms with Crippen molar-refractivity contribution in [2.75, 3.05) is 0 Å². The molecule has 1 aromatic rings. The molecule has 18 heavy (non-hydrogen) atoms. The number of alkyl halides is 3. The van der Waals surface area contributed by atoms with Crippen molar-refractivity contribution in [1.82, 2.24) is 0 Å². The van der Waals surface area contributed by atoms with Gasteiger partial charge in [-0.3, -0.25) is 0 Å². The van der Waals surface area contributed by atoms with E-state index in [1.807, 2.05) is 6.07 Å². The fourth-order valence-corrected chi connectivity index (χ4v) is 2.20. The Morgan fingerprint density at radius 2 is 1.78 bits per heavy atom. The Kier molecular flexibility index (Phi) is 3.07. The van der Waals surface area contributed by atoms with Crippen LogP contribution >= 0.6 is 0 Å². The van der Waals surface area contributed by atoms with Gasteiger partial charge in [0.2, 0.25) is 0 Å². The molecule has 1 aromatic carbocycles. The molecule has 5 heteroatoms. The Balaban J connectivity index is 2.33. The summed E-state index contributed by atoms with van der Waals surface area (Å²) in [4.78, 5) is 0. The Labute approximate surface area is 103 Å². The van der Waals surface area contributed by atoms with Gasteiger partial charge >= 0.3 is 6.18 Å². The van der Waals surface area contributed by atoms with Gasteiger partial charge in [-0.2, -0.15) is 18.4 Å². The maximum Gasteiger partial charge on any atom is 0.416 e. The molecule has 2 nitrogen and oxygen atoms in total. The standard InChI is InChI=1S/C13H12F3NO/c14-13(15,16)11-2-1-9-3-5-12(18,8-17)6-4-10(9)7-11/h1-2,7,18H,3-6H2. The van der Waals surface area contributed by atoms with E-state index in [0.717, 1.165) is 17.7 Å². The van der Waals surface area contributed by atoms with Crippen molar-refractivity contribution in [3.05, 3.63) is 34.9 Å². The van der Waals surface area contributed by atoms with Crippen LogP contribution in [-0.2, 0) is 19.0 Å². The Morgan fingerprint density at radius 3 is 2.33 bits per heavy atom. The summed E-state index contributed by atoms with van der Waals surface area (Å²) in [5.41, 5.74) is -0.731. The lowest BCUT2D eigenvalue weighted by Gasteiger charge is -2.16. The number of aryl methyl sites for hydroxylation is 2. The zero-order chi connectivity index (χ0) is 13.4. The Hall–Kier alpha value is -1.54. The first-order chi connectivity index (χ1) is 8.34. The monoisotopic (exact) mass is 255 g/mol. The van der Waals surface area contributed by atoms with Gasteiger partial charge < -0.3 is 5.11 Å². The second kappa shape index (κ2) is 4.29. The second-order valence-corrected chi connectivity index (χ2v) is 4.62. The van der Waals surface area contributed by atoms with Crippen molar-refractivity contribution in [2.45, 2.75) is 37.5 Å². The summed E-state index contributed by atoms with van der Waals surface area (Å²) in [7, 11) is 0. The minimum atomic E-state index is -4.35.